The first-order valence-electron chi connectivity index (χ1n) is 6.01. The molecule has 0 aromatic heterocycles. The molecule has 0 bridgehead atoms. The van der Waals surface area contributed by atoms with Crippen LogP contribution in [0.4, 0.5) is 0 Å². The Morgan fingerprint density at radius 3 is 2.21 bits per heavy atom. The van der Waals surface area contributed by atoms with Gasteiger partial charge in [-0.25, -0.2) is 0 Å². The van der Waals surface area contributed by atoms with E-state index in [1.165, 1.54) is 24.3 Å². The van der Waals surface area contributed by atoms with E-state index in [2.05, 4.69) is 0 Å². The number of nitrogens with two attached hydrogens (primary N) is 1. The number of aromatic hydroxyl groups is 1. The number of hydrogen-bond acceptors (Lipinski definition) is 5. The monoisotopic (exact) mass is 265 g/mol. The van der Waals surface area contributed by atoms with Crippen LogP contribution in [0.1, 0.15) is 31.1 Å². The second-order valence-electron chi connectivity index (χ2n) is 5.23. The lowest BCUT2D eigenvalue weighted by atomic mass is 9.97. The molecule has 1 aromatic rings. The average Bonchev–Trinajstić information content (AvgIpc) is 2.28. The molecule has 0 aliphatic heterocycles. The number of rotatable bonds is 4. The van der Waals surface area contributed by atoms with Gasteiger partial charge in [0.2, 0.25) is 0 Å². The number of ketones is 1. The van der Waals surface area contributed by atoms with Crippen molar-refractivity contribution in [1.82, 2.24) is 0 Å². The maximum atomic E-state index is 12.2. The third-order valence-corrected chi connectivity index (χ3v) is 2.40. The molecule has 1 atom stereocenters. The van der Waals surface area contributed by atoms with Crippen LogP contribution in [0.3, 0.4) is 0 Å². The molecule has 0 spiro atoms. The van der Waals surface area contributed by atoms with Crippen molar-refractivity contribution in [3.05, 3.63) is 29.8 Å². The van der Waals surface area contributed by atoms with Gasteiger partial charge in [-0.05, 0) is 45.0 Å². The summed E-state index contributed by atoms with van der Waals surface area (Å²) in [6, 6.07) is 5.67. The Hall–Kier alpha value is -1.88. The first kappa shape index (κ1) is 15.2. The number of Topliss-reactive ketones (excluding diaryl/α,β-unsaturated/α-hetero) is 1. The molecule has 0 unspecified atom stereocenters. The van der Waals surface area contributed by atoms with Crippen LogP contribution in [0.25, 0.3) is 0 Å². The maximum Gasteiger partial charge on any atom is 0.318 e. The topological polar surface area (TPSA) is 89.6 Å². The van der Waals surface area contributed by atoms with Crippen molar-refractivity contribution in [3.8, 4) is 5.75 Å². The number of carbonyl (C=O) groups is 2. The molecule has 0 fully saturated rings. The first-order chi connectivity index (χ1) is 8.74. The molecule has 5 heteroatoms. The molecule has 0 amide bonds. The molecule has 0 saturated carbocycles. The highest BCUT2D eigenvalue weighted by Gasteiger charge is 2.30. The first-order valence-corrected chi connectivity index (χ1v) is 6.01. The minimum absolute atomic E-state index is 0.0538. The van der Waals surface area contributed by atoms with E-state index in [0.717, 1.165) is 0 Å². The summed E-state index contributed by atoms with van der Waals surface area (Å²) in [5, 5.41) is 9.17. The number of hydrogen-bond donors (Lipinski definition) is 2. The number of phenols is 1. The van der Waals surface area contributed by atoms with Gasteiger partial charge in [-0.1, -0.05) is 0 Å². The average molecular weight is 265 g/mol. The molecule has 0 radical (unpaired) electrons. The largest absolute Gasteiger partial charge is 0.508 e. The second kappa shape index (κ2) is 5.84. The molecule has 5 nitrogen and oxygen atoms in total. The van der Waals surface area contributed by atoms with Crippen molar-refractivity contribution in [1.29, 1.82) is 0 Å². The van der Waals surface area contributed by atoms with Crippen molar-refractivity contribution in [3.63, 3.8) is 0 Å². The Balaban J connectivity index is 2.88. The van der Waals surface area contributed by atoms with Crippen LogP contribution in [0, 0.1) is 5.92 Å². The lowest BCUT2D eigenvalue weighted by Gasteiger charge is -2.22. The Bertz CT molecular complexity index is 459. The molecule has 1 rings (SSSR count). The fraction of sp³-hybridized carbons (Fsp3) is 0.429. The normalized spacial score (nSPS) is 12.8. The summed E-state index contributed by atoms with van der Waals surface area (Å²) in [6.45, 7) is 5.06. The molecule has 0 heterocycles. The van der Waals surface area contributed by atoms with Crippen LogP contribution in [0.5, 0.6) is 5.75 Å². The minimum Gasteiger partial charge on any atom is -0.508 e. The summed E-state index contributed by atoms with van der Waals surface area (Å²) in [4.78, 5) is 24.1. The van der Waals surface area contributed by atoms with Crippen LogP contribution in [-0.4, -0.2) is 29.0 Å². The van der Waals surface area contributed by atoms with Gasteiger partial charge in [0.1, 0.15) is 17.3 Å². The zero-order valence-corrected chi connectivity index (χ0v) is 11.3. The van der Waals surface area contributed by atoms with Gasteiger partial charge in [-0.15, -0.1) is 0 Å². The van der Waals surface area contributed by atoms with Gasteiger partial charge in [-0.2, -0.15) is 0 Å². The van der Waals surface area contributed by atoms with Crippen molar-refractivity contribution >= 4 is 11.8 Å². The maximum absolute atomic E-state index is 12.2. The molecular formula is C14H19NO4. The van der Waals surface area contributed by atoms with Crippen molar-refractivity contribution in [2.75, 3.05) is 6.54 Å². The van der Waals surface area contributed by atoms with Gasteiger partial charge in [-0.3, -0.25) is 9.59 Å². The zero-order valence-electron chi connectivity index (χ0n) is 11.3. The lowest BCUT2D eigenvalue weighted by molar-refractivity contribution is -0.157. The van der Waals surface area contributed by atoms with E-state index in [-0.39, 0.29) is 12.3 Å². The van der Waals surface area contributed by atoms with Crippen molar-refractivity contribution < 1.29 is 19.4 Å². The van der Waals surface area contributed by atoms with Gasteiger partial charge < -0.3 is 15.6 Å². The molecule has 0 aliphatic carbocycles. The van der Waals surface area contributed by atoms with Gasteiger partial charge in [0.15, 0.2) is 5.78 Å². The fourth-order valence-electron chi connectivity index (χ4n) is 1.51. The van der Waals surface area contributed by atoms with Gasteiger partial charge >= 0.3 is 5.97 Å². The van der Waals surface area contributed by atoms with E-state index in [9.17, 15) is 9.59 Å². The Kier molecular flexibility index (Phi) is 4.67. The molecule has 1 aromatic carbocycles. The molecule has 0 aliphatic rings. The van der Waals surface area contributed by atoms with Crippen molar-refractivity contribution in [2.45, 2.75) is 26.4 Å². The number of ether oxygens (including phenoxy) is 1. The van der Waals surface area contributed by atoms with E-state index < -0.39 is 23.3 Å². The quantitative estimate of drug-likeness (QED) is 0.489. The van der Waals surface area contributed by atoms with E-state index in [0.29, 0.717) is 5.56 Å². The Morgan fingerprint density at radius 1 is 1.26 bits per heavy atom. The summed E-state index contributed by atoms with van der Waals surface area (Å²) < 4.78 is 5.17. The highest BCUT2D eigenvalue weighted by atomic mass is 16.6. The van der Waals surface area contributed by atoms with Gasteiger partial charge in [0.25, 0.3) is 0 Å². The van der Waals surface area contributed by atoms with E-state index in [4.69, 9.17) is 15.6 Å². The van der Waals surface area contributed by atoms with E-state index >= 15 is 0 Å². The summed E-state index contributed by atoms with van der Waals surface area (Å²) in [5.41, 5.74) is 5.14. The fourth-order valence-corrected chi connectivity index (χ4v) is 1.51. The predicted molar refractivity (Wildman–Crippen MR) is 70.8 cm³/mol. The summed E-state index contributed by atoms with van der Waals surface area (Å²) in [6.07, 6.45) is 0. The minimum atomic E-state index is -1.02. The molecule has 3 N–H and O–H groups in total. The highest BCUT2D eigenvalue weighted by Crippen LogP contribution is 2.17. The van der Waals surface area contributed by atoms with Crippen LogP contribution in [-0.2, 0) is 9.53 Å². The number of carbonyl (C=O) groups excluding carboxylic acids is 2. The van der Waals surface area contributed by atoms with E-state index in [1.807, 2.05) is 0 Å². The van der Waals surface area contributed by atoms with Crippen LogP contribution in [0.2, 0.25) is 0 Å². The smallest absolute Gasteiger partial charge is 0.318 e. The Morgan fingerprint density at radius 2 is 1.79 bits per heavy atom. The number of phenolic OH excluding ortho intramolecular Hbond substituents is 1. The van der Waals surface area contributed by atoms with Crippen LogP contribution >= 0.6 is 0 Å². The standard InChI is InChI=1S/C14H19NO4/c1-14(2,3)19-13(18)11(8-15)12(17)9-4-6-10(16)7-5-9/h4-7,11,16H,8,15H2,1-3H3/t11-/m0/s1. The van der Waals surface area contributed by atoms with Crippen LogP contribution < -0.4 is 5.73 Å². The SMILES string of the molecule is CC(C)(C)OC(=O)[C@@H](CN)C(=O)c1ccc(O)cc1. The molecule has 19 heavy (non-hydrogen) atoms. The van der Waals surface area contributed by atoms with Gasteiger partial charge in [0.05, 0.1) is 0 Å². The Labute approximate surface area is 112 Å². The summed E-state index contributed by atoms with van der Waals surface area (Å²) >= 11 is 0. The summed E-state index contributed by atoms with van der Waals surface area (Å²) in [5.74, 6) is -2.01. The summed E-state index contributed by atoms with van der Waals surface area (Å²) in [7, 11) is 0. The highest BCUT2D eigenvalue weighted by molar-refractivity contribution is 6.08. The molecule has 0 saturated heterocycles. The lowest BCUT2D eigenvalue weighted by Crippen LogP contribution is -2.37. The third-order valence-electron chi connectivity index (χ3n) is 2.40. The second-order valence-corrected chi connectivity index (χ2v) is 5.23. The number of benzene rings is 1. The third kappa shape index (κ3) is 4.37. The van der Waals surface area contributed by atoms with Crippen molar-refractivity contribution in [2.24, 2.45) is 11.7 Å². The molecule has 104 valence electrons. The predicted octanol–water partition coefficient (Wildman–Crippen LogP) is 1.49. The van der Waals surface area contributed by atoms with Crippen LogP contribution in [0.15, 0.2) is 24.3 Å². The molecular weight excluding hydrogens is 246 g/mol. The zero-order chi connectivity index (χ0) is 14.6. The van der Waals surface area contributed by atoms with E-state index in [1.54, 1.807) is 20.8 Å². The number of esters is 1. The van der Waals surface area contributed by atoms with Gasteiger partial charge in [0, 0.05) is 12.1 Å².